The highest BCUT2D eigenvalue weighted by Gasteiger charge is 2.32. The van der Waals surface area contributed by atoms with Gasteiger partial charge in [0.2, 0.25) is 0 Å². The molecule has 6 nitrogen and oxygen atoms in total. The number of carbonyl (C=O) groups is 2. The Hall–Kier alpha value is -2.31. The molecule has 144 valence electrons. The molecule has 1 heterocycles. The van der Waals surface area contributed by atoms with E-state index >= 15 is 0 Å². The molecule has 2 unspecified atom stereocenters. The highest BCUT2D eigenvalue weighted by atomic mass is 19.1. The second kappa shape index (κ2) is 8.38. The number of halogens is 1. The number of anilines is 1. The summed E-state index contributed by atoms with van der Waals surface area (Å²) in [5.74, 6) is -0.353. The Morgan fingerprint density at radius 1 is 1.23 bits per heavy atom. The van der Waals surface area contributed by atoms with Gasteiger partial charge in [-0.3, -0.25) is 0 Å². The number of benzene rings is 1. The Labute approximate surface area is 154 Å². The van der Waals surface area contributed by atoms with Gasteiger partial charge in [0, 0.05) is 18.3 Å². The number of hydrogen-bond acceptors (Lipinski definition) is 3. The SMILES string of the molecule is CC(NC(=O)OC(C)(C)C)C1CCCCN1C(=O)Nc1ccc(F)cc1. The van der Waals surface area contributed by atoms with Crippen molar-refractivity contribution in [1.82, 2.24) is 10.2 Å². The molecule has 26 heavy (non-hydrogen) atoms. The standard InChI is InChI=1S/C19H28FN3O3/c1-13(21-18(25)26-19(2,3)4)16-7-5-6-12-23(16)17(24)22-15-10-8-14(20)9-11-15/h8-11,13,16H,5-7,12H2,1-4H3,(H,21,25)(H,22,24). The van der Waals surface area contributed by atoms with Crippen molar-refractivity contribution in [3.8, 4) is 0 Å². The zero-order valence-corrected chi connectivity index (χ0v) is 15.8. The summed E-state index contributed by atoms with van der Waals surface area (Å²) in [7, 11) is 0. The van der Waals surface area contributed by atoms with Crippen molar-refractivity contribution in [2.75, 3.05) is 11.9 Å². The highest BCUT2D eigenvalue weighted by Crippen LogP contribution is 2.22. The molecule has 0 saturated carbocycles. The van der Waals surface area contributed by atoms with Crippen LogP contribution in [0.4, 0.5) is 19.7 Å². The van der Waals surface area contributed by atoms with Crippen LogP contribution in [0.3, 0.4) is 0 Å². The fourth-order valence-corrected chi connectivity index (χ4v) is 3.05. The van der Waals surface area contributed by atoms with E-state index in [4.69, 9.17) is 4.74 Å². The second-order valence-corrected chi connectivity index (χ2v) is 7.63. The zero-order valence-electron chi connectivity index (χ0n) is 15.8. The van der Waals surface area contributed by atoms with Crippen LogP contribution >= 0.6 is 0 Å². The molecule has 1 aromatic rings. The first kappa shape index (κ1) is 20.0. The number of nitrogens with one attached hydrogen (secondary N) is 2. The number of nitrogens with zero attached hydrogens (tertiary/aromatic N) is 1. The summed E-state index contributed by atoms with van der Waals surface area (Å²) in [6, 6.07) is 5.02. The van der Waals surface area contributed by atoms with Crippen molar-refractivity contribution >= 4 is 17.8 Å². The van der Waals surface area contributed by atoms with Gasteiger partial charge < -0.3 is 20.3 Å². The van der Waals surface area contributed by atoms with E-state index in [9.17, 15) is 14.0 Å². The number of hydrogen-bond donors (Lipinski definition) is 2. The molecule has 1 aliphatic rings. The van der Waals surface area contributed by atoms with Gasteiger partial charge in [-0.05, 0) is 71.2 Å². The van der Waals surface area contributed by atoms with Crippen molar-refractivity contribution in [2.45, 2.75) is 64.6 Å². The van der Waals surface area contributed by atoms with Crippen LogP contribution in [0.2, 0.25) is 0 Å². The predicted octanol–water partition coefficient (Wildman–Crippen LogP) is 4.13. The van der Waals surface area contributed by atoms with Crippen LogP contribution < -0.4 is 10.6 Å². The maximum Gasteiger partial charge on any atom is 0.407 e. The Kier molecular flexibility index (Phi) is 6.45. The van der Waals surface area contributed by atoms with Gasteiger partial charge in [-0.15, -0.1) is 0 Å². The maximum atomic E-state index is 13.0. The van der Waals surface area contributed by atoms with Gasteiger partial charge in [0.15, 0.2) is 0 Å². The summed E-state index contributed by atoms with van der Waals surface area (Å²) in [6.07, 6.45) is 2.21. The quantitative estimate of drug-likeness (QED) is 0.846. The van der Waals surface area contributed by atoms with E-state index in [0.717, 1.165) is 19.3 Å². The molecule has 1 fully saturated rings. The number of amides is 3. The molecule has 0 aliphatic carbocycles. The van der Waals surface area contributed by atoms with Gasteiger partial charge in [0.25, 0.3) is 0 Å². The van der Waals surface area contributed by atoms with E-state index < -0.39 is 11.7 Å². The lowest BCUT2D eigenvalue weighted by molar-refractivity contribution is 0.0465. The van der Waals surface area contributed by atoms with E-state index in [-0.39, 0.29) is 23.9 Å². The van der Waals surface area contributed by atoms with Crippen molar-refractivity contribution in [3.05, 3.63) is 30.1 Å². The molecule has 1 aliphatic heterocycles. The number of rotatable bonds is 3. The molecular weight excluding hydrogens is 337 g/mol. The molecule has 2 atom stereocenters. The van der Waals surface area contributed by atoms with Gasteiger partial charge in [0.1, 0.15) is 11.4 Å². The minimum atomic E-state index is -0.573. The highest BCUT2D eigenvalue weighted by molar-refractivity contribution is 5.89. The van der Waals surface area contributed by atoms with E-state index in [1.165, 1.54) is 24.3 Å². The molecular formula is C19H28FN3O3. The van der Waals surface area contributed by atoms with Crippen LogP contribution in [0.15, 0.2) is 24.3 Å². The van der Waals surface area contributed by atoms with E-state index in [2.05, 4.69) is 10.6 Å². The molecule has 0 radical (unpaired) electrons. The van der Waals surface area contributed by atoms with Crippen LogP contribution in [-0.4, -0.2) is 41.3 Å². The summed E-state index contributed by atoms with van der Waals surface area (Å²) in [5.41, 5.74) is -0.0378. The third kappa shape index (κ3) is 5.89. The van der Waals surface area contributed by atoms with E-state index in [1.54, 1.807) is 25.7 Å². The monoisotopic (exact) mass is 365 g/mol. The number of urea groups is 1. The molecule has 0 aromatic heterocycles. The topological polar surface area (TPSA) is 70.7 Å². The minimum absolute atomic E-state index is 0.128. The smallest absolute Gasteiger partial charge is 0.407 e. The third-order valence-electron chi connectivity index (χ3n) is 4.23. The molecule has 3 amide bonds. The predicted molar refractivity (Wildman–Crippen MR) is 98.6 cm³/mol. The minimum Gasteiger partial charge on any atom is -0.444 e. The first-order valence-corrected chi connectivity index (χ1v) is 8.98. The van der Waals surface area contributed by atoms with Gasteiger partial charge in [0.05, 0.1) is 6.04 Å². The zero-order chi connectivity index (χ0) is 19.3. The van der Waals surface area contributed by atoms with Crippen molar-refractivity contribution in [3.63, 3.8) is 0 Å². The average molecular weight is 365 g/mol. The number of carbonyl (C=O) groups excluding carboxylic acids is 2. The normalized spacial score (nSPS) is 18.8. The van der Waals surface area contributed by atoms with Crippen LogP contribution in [-0.2, 0) is 4.74 Å². The number of alkyl carbamates (subject to hydrolysis) is 1. The Balaban J connectivity index is 2.00. The Bertz CT molecular complexity index is 628. The number of ether oxygens (including phenoxy) is 1. The first-order chi connectivity index (χ1) is 12.2. The summed E-state index contributed by atoms with van der Waals surface area (Å²) < 4.78 is 18.3. The number of likely N-dealkylation sites (tertiary alicyclic amines) is 1. The first-order valence-electron chi connectivity index (χ1n) is 8.98. The fourth-order valence-electron chi connectivity index (χ4n) is 3.05. The molecule has 0 bridgehead atoms. The molecule has 1 aromatic carbocycles. The summed E-state index contributed by atoms with van der Waals surface area (Å²) in [4.78, 5) is 26.4. The maximum absolute atomic E-state index is 13.0. The molecule has 0 spiro atoms. The summed E-state index contributed by atoms with van der Waals surface area (Å²) >= 11 is 0. The Morgan fingerprint density at radius 3 is 2.50 bits per heavy atom. The molecule has 2 N–H and O–H groups in total. The van der Waals surface area contributed by atoms with Crippen molar-refractivity contribution in [1.29, 1.82) is 0 Å². The van der Waals surface area contributed by atoms with Gasteiger partial charge in [-0.2, -0.15) is 0 Å². The van der Waals surface area contributed by atoms with Gasteiger partial charge in [-0.25, -0.2) is 14.0 Å². The van der Waals surface area contributed by atoms with Gasteiger partial charge in [-0.1, -0.05) is 0 Å². The molecule has 2 rings (SSSR count). The fraction of sp³-hybridized carbons (Fsp3) is 0.579. The lowest BCUT2D eigenvalue weighted by atomic mass is 9.97. The van der Waals surface area contributed by atoms with Crippen LogP contribution in [0.1, 0.15) is 47.0 Å². The van der Waals surface area contributed by atoms with Crippen LogP contribution in [0, 0.1) is 5.82 Å². The Morgan fingerprint density at radius 2 is 1.88 bits per heavy atom. The average Bonchev–Trinajstić information content (AvgIpc) is 2.55. The van der Waals surface area contributed by atoms with Gasteiger partial charge >= 0.3 is 12.1 Å². The largest absolute Gasteiger partial charge is 0.444 e. The van der Waals surface area contributed by atoms with Crippen molar-refractivity contribution < 1.29 is 18.7 Å². The van der Waals surface area contributed by atoms with Crippen LogP contribution in [0.25, 0.3) is 0 Å². The molecule has 7 heteroatoms. The van der Waals surface area contributed by atoms with E-state index in [0.29, 0.717) is 12.2 Å². The summed E-state index contributed by atoms with van der Waals surface area (Å²) in [6.45, 7) is 7.90. The lowest BCUT2D eigenvalue weighted by Crippen LogP contribution is -2.55. The van der Waals surface area contributed by atoms with Crippen molar-refractivity contribution in [2.24, 2.45) is 0 Å². The third-order valence-corrected chi connectivity index (χ3v) is 4.23. The summed E-state index contributed by atoms with van der Waals surface area (Å²) in [5, 5.41) is 5.62. The second-order valence-electron chi connectivity index (χ2n) is 7.63. The van der Waals surface area contributed by atoms with E-state index in [1.807, 2.05) is 6.92 Å². The molecule has 1 saturated heterocycles. The van der Waals surface area contributed by atoms with Crippen LogP contribution in [0.5, 0.6) is 0 Å². The number of piperidine rings is 1. The lowest BCUT2D eigenvalue weighted by Gasteiger charge is -2.39.